The van der Waals surface area contributed by atoms with Crippen LogP contribution in [0.1, 0.15) is 27.2 Å². The van der Waals surface area contributed by atoms with Gasteiger partial charge in [-0.15, -0.1) is 0 Å². The maximum absolute atomic E-state index is 11.1. The number of ether oxygens (including phenoxy) is 1. The molecule has 0 radical (unpaired) electrons. The van der Waals surface area contributed by atoms with Crippen molar-refractivity contribution in [3.8, 4) is 0 Å². The number of methoxy groups -OCH3 is 1. The molecule has 12 heavy (non-hydrogen) atoms. The summed E-state index contributed by atoms with van der Waals surface area (Å²) in [6, 6.07) is 0. The summed E-state index contributed by atoms with van der Waals surface area (Å²) in [5.41, 5.74) is 0. The van der Waals surface area contributed by atoms with Crippen LogP contribution in [0.15, 0.2) is 0 Å². The molecule has 0 fully saturated rings. The van der Waals surface area contributed by atoms with Crippen LogP contribution in [0.4, 0.5) is 4.79 Å². The summed E-state index contributed by atoms with van der Waals surface area (Å²) in [5, 5.41) is 0. The highest BCUT2D eigenvalue weighted by Gasteiger charge is 2.13. The van der Waals surface area contributed by atoms with Crippen LogP contribution >= 0.6 is 0 Å². The molecule has 0 N–H and O–H groups in total. The molecule has 1 unspecified atom stereocenters. The van der Waals surface area contributed by atoms with Crippen LogP contribution in [0.25, 0.3) is 0 Å². The summed E-state index contributed by atoms with van der Waals surface area (Å²) >= 11 is 0. The highest BCUT2D eigenvalue weighted by molar-refractivity contribution is 5.67. The van der Waals surface area contributed by atoms with E-state index >= 15 is 0 Å². The molecule has 72 valence electrons. The lowest BCUT2D eigenvalue weighted by atomic mass is 10.1. The Balaban J connectivity index is 3.90. The van der Waals surface area contributed by atoms with Crippen LogP contribution in [0.5, 0.6) is 0 Å². The first kappa shape index (κ1) is 11.3. The minimum Gasteiger partial charge on any atom is -0.453 e. The summed E-state index contributed by atoms with van der Waals surface area (Å²) in [6.45, 7) is 7.72. The average molecular weight is 173 g/mol. The van der Waals surface area contributed by atoms with Crippen molar-refractivity contribution in [2.75, 3.05) is 20.2 Å². The lowest BCUT2D eigenvalue weighted by Gasteiger charge is -2.22. The second-order valence-corrected chi connectivity index (χ2v) is 3.02. The van der Waals surface area contributed by atoms with Crippen LogP contribution in [0, 0.1) is 5.92 Å². The van der Waals surface area contributed by atoms with E-state index in [1.54, 1.807) is 4.90 Å². The van der Waals surface area contributed by atoms with E-state index in [-0.39, 0.29) is 6.09 Å². The molecule has 0 heterocycles. The first-order valence-corrected chi connectivity index (χ1v) is 4.48. The van der Waals surface area contributed by atoms with Gasteiger partial charge in [-0.1, -0.05) is 20.3 Å². The molecule has 0 aromatic heterocycles. The van der Waals surface area contributed by atoms with Gasteiger partial charge in [-0.25, -0.2) is 4.79 Å². The van der Waals surface area contributed by atoms with Gasteiger partial charge in [0.05, 0.1) is 7.11 Å². The maximum atomic E-state index is 11.1. The van der Waals surface area contributed by atoms with Crippen LogP contribution in [0.2, 0.25) is 0 Å². The van der Waals surface area contributed by atoms with Crippen LogP contribution in [0.3, 0.4) is 0 Å². The zero-order valence-corrected chi connectivity index (χ0v) is 8.46. The molecule has 0 rings (SSSR count). The second kappa shape index (κ2) is 5.86. The van der Waals surface area contributed by atoms with E-state index < -0.39 is 0 Å². The third kappa shape index (κ3) is 3.60. The lowest BCUT2D eigenvalue weighted by Crippen LogP contribution is -2.34. The SMILES string of the molecule is CCC(C)CN(CC)C(=O)OC. The summed E-state index contributed by atoms with van der Waals surface area (Å²) in [5.74, 6) is 0.545. The fraction of sp³-hybridized carbons (Fsp3) is 0.889. The largest absolute Gasteiger partial charge is 0.453 e. The van der Waals surface area contributed by atoms with Crippen molar-refractivity contribution in [3.05, 3.63) is 0 Å². The lowest BCUT2D eigenvalue weighted by molar-refractivity contribution is 0.119. The quantitative estimate of drug-likeness (QED) is 0.651. The average Bonchev–Trinajstić information content (AvgIpc) is 2.12. The first-order valence-electron chi connectivity index (χ1n) is 4.48. The first-order chi connectivity index (χ1) is 5.65. The van der Waals surface area contributed by atoms with Crippen molar-refractivity contribution >= 4 is 6.09 Å². The smallest absolute Gasteiger partial charge is 0.409 e. The topological polar surface area (TPSA) is 29.5 Å². The molecule has 0 saturated carbocycles. The Kier molecular flexibility index (Phi) is 5.51. The molecule has 0 aromatic carbocycles. The Morgan fingerprint density at radius 2 is 2.08 bits per heavy atom. The van der Waals surface area contributed by atoms with Crippen LogP contribution in [-0.2, 0) is 4.74 Å². The Bertz CT molecular complexity index is 136. The van der Waals surface area contributed by atoms with E-state index in [0.29, 0.717) is 5.92 Å². The standard InChI is InChI=1S/C9H19NO2/c1-5-8(3)7-10(6-2)9(11)12-4/h8H,5-7H2,1-4H3. The minimum atomic E-state index is -0.224. The van der Waals surface area contributed by atoms with E-state index in [1.165, 1.54) is 7.11 Å². The molecule has 1 amide bonds. The molecular formula is C9H19NO2. The van der Waals surface area contributed by atoms with E-state index in [0.717, 1.165) is 19.5 Å². The van der Waals surface area contributed by atoms with E-state index in [2.05, 4.69) is 18.6 Å². The number of hydrogen-bond donors (Lipinski definition) is 0. The maximum Gasteiger partial charge on any atom is 0.409 e. The molecular weight excluding hydrogens is 154 g/mol. The van der Waals surface area contributed by atoms with Crippen molar-refractivity contribution in [2.45, 2.75) is 27.2 Å². The molecule has 0 aliphatic rings. The molecule has 0 bridgehead atoms. The van der Waals surface area contributed by atoms with Gasteiger partial charge < -0.3 is 9.64 Å². The molecule has 0 aromatic rings. The van der Waals surface area contributed by atoms with Crippen molar-refractivity contribution in [2.24, 2.45) is 5.92 Å². The number of amides is 1. The normalized spacial score (nSPS) is 12.3. The van der Waals surface area contributed by atoms with Crippen LogP contribution < -0.4 is 0 Å². The summed E-state index contributed by atoms with van der Waals surface area (Å²) < 4.78 is 4.64. The highest BCUT2D eigenvalue weighted by Crippen LogP contribution is 2.04. The third-order valence-electron chi connectivity index (χ3n) is 2.04. The van der Waals surface area contributed by atoms with Gasteiger partial charge in [0.2, 0.25) is 0 Å². The van der Waals surface area contributed by atoms with Crippen molar-refractivity contribution in [3.63, 3.8) is 0 Å². The predicted molar refractivity (Wildman–Crippen MR) is 49.1 cm³/mol. The second-order valence-electron chi connectivity index (χ2n) is 3.02. The van der Waals surface area contributed by atoms with Gasteiger partial charge in [0.15, 0.2) is 0 Å². The third-order valence-corrected chi connectivity index (χ3v) is 2.04. The zero-order valence-electron chi connectivity index (χ0n) is 8.46. The Labute approximate surface area is 74.7 Å². The predicted octanol–water partition coefficient (Wildman–Crippen LogP) is 2.12. The monoisotopic (exact) mass is 173 g/mol. The van der Waals surface area contributed by atoms with Crippen LogP contribution in [-0.4, -0.2) is 31.2 Å². The van der Waals surface area contributed by atoms with E-state index in [4.69, 9.17) is 0 Å². The van der Waals surface area contributed by atoms with Crippen molar-refractivity contribution in [1.82, 2.24) is 4.90 Å². The van der Waals surface area contributed by atoms with E-state index in [1.807, 2.05) is 6.92 Å². The molecule has 3 heteroatoms. The highest BCUT2D eigenvalue weighted by atomic mass is 16.5. The Hall–Kier alpha value is -0.730. The van der Waals surface area contributed by atoms with Gasteiger partial charge in [0.25, 0.3) is 0 Å². The van der Waals surface area contributed by atoms with Crippen molar-refractivity contribution in [1.29, 1.82) is 0 Å². The van der Waals surface area contributed by atoms with Gasteiger partial charge in [-0.05, 0) is 12.8 Å². The number of hydrogen-bond acceptors (Lipinski definition) is 2. The Morgan fingerprint density at radius 1 is 1.50 bits per heavy atom. The molecule has 3 nitrogen and oxygen atoms in total. The number of carbonyl (C=O) groups excluding carboxylic acids is 1. The minimum absolute atomic E-state index is 0.224. The summed E-state index contributed by atoms with van der Waals surface area (Å²) in [7, 11) is 1.42. The van der Waals surface area contributed by atoms with Gasteiger partial charge in [-0.3, -0.25) is 0 Å². The number of nitrogens with zero attached hydrogens (tertiary/aromatic N) is 1. The van der Waals surface area contributed by atoms with Gasteiger partial charge >= 0.3 is 6.09 Å². The summed E-state index contributed by atoms with van der Waals surface area (Å²) in [4.78, 5) is 12.8. The van der Waals surface area contributed by atoms with Crippen molar-refractivity contribution < 1.29 is 9.53 Å². The number of rotatable bonds is 4. The molecule has 0 aliphatic carbocycles. The van der Waals surface area contributed by atoms with Gasteiger partial charge in [-0.2, -0.15) is 0 Å². The molecule has 0 saturated heterocycles. The van der Waals surface area contributed by atoms with Gasteiger partial charge in [0, 0.05) is 13.1 Å². The fourth-order valence-corrected chi connectivity index (χ4v) is 0.967. The zero-order chi connectivity index (χ0) is 9.56. The van der Waals surface area contributed by atoms with E-state index in [9.17, 15) is 4.79 Å². The molecule has 0 spiro atoms. The van der Waals surface area contributed by atoms with Gasteiger partial charge in [0.1, 0.15) is 0 Å². The molecule has 1 atom stereocenters. The fourth-order valence-electron chi connectivity index (χ4n) is 0.967. The molecule has 0 aliphatic heterocycles. The Morgan fingerprint density at radius 3 is 2.42 bits per heavy atom. The summed E-state index contributed by atoms with van der Waals surface area (Å²) in [6.07, 6.45) is 0.867. The number of carbonyl (C=O) groups is 1.